The summed E-state index contributed by atoms with van der Waals surface area (Å²) in [6.45, 7) is 12.0. The molecular weight excluding hydrogens is 144 g/mol. The molecule has 0 bridgehead atoms. The lowest BCUT2D eigenvalue weighted by Gasteiger charge is -2.28. The highest BCUT2D eigenvalue weighted by atomic mass is 14.6. The van der Waals surface area contributed by atoms with Crippen molar-refractivity contribution in [3.8, 4) is 0 Å². The zero-order valence-corrected chi connectivity index (χ0v) is 9.35. The summed E-state index contributed by atoms with van der Waals surface area (Å²) in [5.41, 5.74) is 0.699. The van der Waals surface area contributed by atoms with Gasteiger partial charge in [0.2, 0.25) is 0 Å². The van der Waals surface area contributed by atoms with E-state index in [2.05, 4.69) is 34.6 Å². The summed E-state index contributed by atoms with van der Waals surface area (Å²) in [5, 5.41) is 0. The fourth-order valence-corrected chi connectivity index (χ4v) is 2.92. The van der Waals surface area contributed by atoms with Crippen LogP contribution in [0, 0.1) is 23.2 Å². The first-order valence-corrected chi connectivity index (χ1v) is 5.56. The van der Waals surface area contributed by atoms with Crippen LogP contribution in [-0.2, 0) is 0 Å². The fraction of sp³-hybridized carbons (Fsp3) is 1.00. The number of hydrogen-bond acceptors (Lipinski definition) is 0. The first-order chi connectivity index (χ1) is 5.56. The van der Waals surface area contributed by atoms with Crippen LogP contribution >= 0.6 is 0 Å². The molecule has 1 rings (SSSR count). The molecule has 0 aliphatic heterocycles. The maximum atomic E-state index is 2.48. The Bertz CT molecular complexity index is 150. The highest BCUT2D eigenvalue weighted by Gasteiger charge is 2.52. The molecule has 0 heterocycles. The summed E-state index contributed by atoms with van der Waals surface area (Å²) in [5.74, 6) is 2.87. The normalized spacial score (nSPS) is 39.2. The van der Waals surface area contributed by atoms with E-state index >= 15 is 0 Å². The third-order valence-corrected chi connectivity index (χ3v) is 4.33. The smallest absolute Gasteiger partial charge is 0.0266 e. The van der Waals surface area contributed by atoms with Gasteiger partial charge in [0, 0.05) is 0 Å². The van der Waals surface area contributed by atoms with Crippen molar-refractivity contribution in [3.05, 3.63) is 0 Å². The van der Waals surface area contributed by atoms with E-state index in [0.717, 1.165) is 17.8 Å². The van der Waals surface area contributed by atoms with Gasteiger partial charge in [0.05, 0.1) is 0 Å². The molecular formula is C12H24. The molecule has 1 aliphatic carbocycles. The predicted molar refractivity (Wildman–Crippen MR) is 55.1 cm³/mol. The van der Waals surface area contributed by atoms with Crippen molar-refractivity contribution >= 4 is 0 Å². The molecule has 0 aromatic heterocycles. The van der Waals surface area contributed by atoms with Crippen LogP contribution in [-0.4, -0.2) is 0 Å². The van der Waals surface area contributed by atoms with Crippen molar-refractivity contribution in [1.82, 2.24) is 0 Å². The lowest BCUT2D eigenvalue weighted by molar-refractivity contribution is 0.208. The van der Waals surface area contributed by atoms with Gasteiger partial charge in [-0.05, 0) is 29.6 Å². The lowest BCUT2D eigenvalue weighted by Crippen LogP contribution is -2.21. The van der Waals surface area contributed by atoms with Crippen LogP contribution in [0.15, 0.2) is 0 Å². The average molecular weight is 168 g/mol. The van der Waals surface area contributed by atoms with Gasteiger partial charge in [-0.1, -0.05) is 47.5 Å². The molecule has 1 fully saturated rings. The van der Waals surface area contributed by atoms with Crippen LogP contribution in [0.5, 0.6) is 0 Å². The molecule has 0 amide bonds. The Balaban J connectivity index is 2.57. The van der Waals surface area contributed by atoms with Gasteiger partial charge in [0.15, 0.2) is 0 Å². The summed E-state index contributed by atoms with van der Waals surface area (Å²) >= 11 is 0. The molecule has 4 unspecified atom stereocenters. The summed E-state index contributed by atoms with van der Waals surface area (Å²) in [6, 6.07) is 0. The van der Waals surface area contributed by atoms with Crippen molar-refractivity contribution in [3.63, 3.8) is 0 Å². The Morgan fingerprint density at radius 2 is 1.83 bits per heavy atom. The lowest BCUT2D eigenvalue weighted by atomic mass is 9.77. The first kappa shape index (κ1) is 10.1. The summed E-state index contributed by atoms with van der Waals surface area (Å²) in [6.07, 6.45) is 4.19. The standard InChI is InChI=1S/C12H24/c1-6-9(3)11(7-2)12(5)8-10(12)4/h9-11H,6-8H2,1-5H3. The van der Waals surface area contributed by atoms with Gasteiger partial charge >= 0.3 is 0 Å². The first-order valence-electron chi connectivity index (χ1n) is 5.56. The van der Waals surface area contributed by atoms with Crippen molar-refractivity contribution in [2.75, 3.05) is 0 Å². The molecule has 0 aromatic carbocycles. The highest BCUT2D eigenvalue weighted by Crippen LogP contribution is 2.60. The SMILES string of the molecule is CCC(C)C(CC)C1(C)CC1C. The Kier molecular flexibility index (Phi) is 2.85. The summed E-state index contributed by atoms with van der Waals surface area (Å²) in [7, 11) is 0. The second kappa shape index (κ2) is 3.40. The third-order valence-electron chi connectivity index (χ3n) is 4.33. The molecule has 0 aromatic rings. The van der Waals surface area contributed by atoms with E-state index in [1.165, 1.54) is 19.3 Å². The van der Waals surface area contributed by atoms with E-state index in [0.29, 0.717) is 5.41 Å². The van der Waals surface area contributed by atoms with Gasteiger partial charge < -0.3 is 0 Å². The summed E-state index contributed by atoms with van der Waals surface area (Å²) < 4.78 is 0. The van der Waals surface area contributed by atoms with Crippen molar-refractivity contribution < 1.29 is 0 Å². The molecule has 0 spiro atoms. The number of rotatable bonds is 4. The minimum Gasteiger partial charge on any atom is -0.0651 e. The van der Waals surface area contributed by atoms with E-state index in [9.17, 15) is 0 Å². The Morgan fingerprint density at radius 3 is 2.08 bits per heavy atom. The molecule has 0 nitrogen and oxygen atoms in total. The molecule has 72 valence electrons. The van der Waals surface area contributed by atoms with Gasteiger partial charge in [0.1, 0.15) is 0 Å². The molecule has 1 aliphatic rings. The Morgan fingerprint density at radius 1 is 1.33 bits per heavy atom. The molecule has 4 atom stereocenters. The molecule has 0 saturated heterocycles. The van der Waals surface area contributed by atoms with E-state index in [4.69, 9.17) is 0 Å². The van der Waals surface area contributed by atoms with Crippen molar-refractivity contribution in [2.45, 2.75) is 53.9 Å². The van der Waals surface area contributed by atoms with Crippen LogP contribution < -0.4 is 0 Å². The van der Waals surface area contributed by atoms with Crippen LogP contribution in [0.4, 0.5) is 0 Å². The van der Waals surface area contributed by atoms with E-state index in [1.54, 1.807) is 0 Å². The minimum absolute atomic E-state index is 0.699. The molecule has 0 heteroatoms. The molecule has 12 heavy (non-hydrogen) atoms. The zero-order valence-electron chi connectivity index (χ0n) is 9.35. The van der Waals surface area contributed by atoms with E-state index in [1.807, 2.05) is 0 Å². The van der Waals surface area contributed by atoms with Gasteiger partial charge in [0.25, 0.3) is 0 Å². The van der Waals surface area contributed by atoms with Crippen LogP contribution in [0.3, 0.4) is 0 Å². The zero-order chi connectivity index (χ0) is 9.35. The van der Waals surface area contributed by atoms with E-state index < -0.39 is 0 Å². The molecule has 1 saturated carbocycles. The second-order valence-electron chi connectivity index (χ2n) is 5.01. The van der Waals surface area contributed by atoms with Gasteiger partial charge in [-0.2, -0.15) is 0 Å². The molecule has 0 radical (unpaired) electrons. The molecule has 0 N–H and O–H groups in total. The van der Waals surface area contributed by atoms with Gasteiger partial charge in [-0.15, -0.1) is 0 Å². The van der Waals surface area contributed by atoms with Gasteiger partial charge in [-0.3, -0.25) is 0 Å². The van der Waals surface area contributed by atoms with Crippen molar-refractivity contribution in [2.24, 2.45) is 23.2 Å². The van der Waals surface area contributed by atoms with Gasteiger partial charge in [-0.25, -0.2) is 0 Å². The second-order valence-corrected chi connectivity index (χ2v) is 5.01. The Hall–Kier alpha value is 0. The highest BCUT2D eigenvalue weighted by molar-refractivity contribution is 5.01. The summed E-state index contributed by atoms with van der Waals surface area (Å²) in [4.78, 5) is 0. The minimum atomic E-state index is 0.699. The van der Waals surface area contributed by atoms with Crippen LogP contribution in [0.2, 0.25) is 0 Å². The van der Waals surface area contributed by atoms with Crippen molar-refractivity contribution in [1.29, 1.82) is 0 Å². The largest absolute Gasteiger partial charge is 0.0651 e. The topological polar surface area (TPSA) is 0 Å². The quantitative estimate of drug-likeness (QED) is 0.592. The van der Waals surface area contributed by atoms with E-state index in [-0.39, 0.29) is 0 Å². The third kappa shape index (κ3) is 1.53. The fourth-order valence-electron chi connectivity index (χ4n) is 2.92. The number of hydrogen-bond donors (Lipinski definition) is 0. The Labute approximate surface area is 77.7 Å². The maximum Gasteiger partial charge on any atom is -0.0266 e. The maximum absolute atomic E-state index is 2.48. The monoisotopic (exact) mass is 168 g/mol. The van der Waals surface area contributed by atoms with Crippen LogP contribution in [0.1, 0.15) is 53.9 Å². The predicted octanol–water partition coefficient (Wildman–Crippen LogP) is 4.10. The average Bonchev–Trinajstić information content (AvgIpc) is 2.61. The van der Waals surface area contributed by atoms with Crippen LogP contribution in [0.25, 0.3) is 0 Å².